The van der Waals surface area contributed by atoms with Gasteiger partial charge in [-0.1, -0.05) is 48.0 Å². The van der Waals surface area contributed by atoms with E-state index in [-0.39, 0.29) is 11.8 Å². The zero-order chi connectivity index (χ0) is 15.2. The van der Waals surface area contributed by atoms with Crippen molar-refractivity contribution in [1.29, 1.82) is 0 Å². The molecular formula is C17H23ClN2O. The van der Waals surface area contributed by atoms with Crippen molar-refractivity contribution in [1.82, 2.24) is 10.2 Å². The highest BCUT2D eigenvalue weighted by atomic mass is 35.5. The summed E-state index contributed by atoms with van der Waals surface area (Å²) < 4.78 is 0. The van der Waals surface area contributed by atoms with Crippen LogP contribution in [0.3, 0.4) is 0 Å². The van der Waals surface area contributed by atoms with Gasteiger partial charge in [-0.25, -0.2) is 0 Å². The lowest BCUT2D eigenvalue weighted by Crippen LogP contribution is -2.40. The molecule has 114 valence electrons. The van der Waals surface area contributed by atoms with E-state index in [4.69, 9.17) is 11.6 Å². The predicted octanol–water partition coefficient (Wildman–Crippen LogP) is 3.08. The van der Waals surface area contributed by atoms with Gasteiger partial charge in [0.05, 0.1) is 0 Å². The van der Waals surface area contributed by atoms with Gasteiger partial charge in [-0.15, -0.1) is 0 Å². The van der Waals surface area contributed by atoms with Crippen LogP contribution in [0, 0.1) is 12.8 Å². The van der Waals surface area contributed by atoms with Crippen LogP contribution in [0.1, 0.15) is 24.0 Å². The fourth-order valence-electron chi connectivity index (χ4n) is 2.64. The Morgan fingerprint density at radius 3 is 2.52 bits per heavy atom. The minimum absolute atomic E-state index is 0.121. The monoisotopic (exact) mass is 306 g/mol. The van der Waals surface area contributed by atoms with Crippen LogP contribution in [0.25, 0.3) is 0 Å². The van der Waals surface area contributed by atoms with Gasteiger partial charge >= 0.3 is 0 Å². The third-order valence-electron chi connectivity index (χ3n) is 3.94. The molecule has 1 N–H and O–H groups in total. The molecule has 1 aliphatic heterocycles. The fraction of sp³-hybridized carbons (Fsp3) is 0.471. The standard InChI is InChI=1S/C17H23ClN2O/c1-13-3-5-15(6-4-13)11-19-17(21)16-7-9-20(10-8-16)12-14(2)18/h3-6,16H,2,7-12H2,1H3,(H,19,21). The molecule has 1 amide bonds. The molecule has 0 bridgehead atoms. The van der Waals surface area contributed by atoms with E-state index < -0.39 is 0 Å². The van der Waals surface area contributed by atoms with Crippen molar-refractivity contribution in [2.45, 2.75) is 26.3 Å². The lowest BCUT2D eigenvalue weighted by molar-refractivity contribution is -0.126. The summed E-state index contributed by atoms with van der Waals surface area (Å²) in [5.74, 6) is 0.287. The number of hydrogen-bond acceptors (Lipinski definition) is 2. The molecule has 1 aromatic carbocycles. The number of piperidine rings is 1. The van der Waals surface area contributed by atoms with Crippen molar-refractivity contribution in [2.75, 3.05) is 19.6 Å². The maximum Gasteiger partial charge on any atom is 0.223 e. The average Bonchev–Trinajstić information content (AvgIpc) is 2.46. The Labute approximate surface area is 132 Å². The molecule has 3 nitrogen and oxygen atoms in total. The van der Waals surface area contributed by atoms with E-state index in [0.29, 0.717) is 11.6 Å². The van der Waals surface area contributed by atoms with Crippen LogP contribution < -0.4 is 5.32 Å². The molecule has 0 atom stereocenters. The minimum atomic E-state index is 0.121. The molecule has 1 aromatic rings. The summed E-state index contributed by atoms with van der Waals surface area (Å²) in [4.78, 5) is 14.4. The summed E-state index contributed by atoms with van der Waals surface area (Å²) in [6.45, 7) is 8.93. The third-order valence-corrected chi connectivity index (χ3v) is 4.06. The van der Waals surface area contributed by atoms with E-state index >= 15 is 0 Å². The van der Waals surface area contributed by atoms with Crippen molar-refractivity contribution in [3.05, 3.63) is 47.0 Å². The van der Waals surface area contributed by atoms with Gasteiger partial charge in [0, 0.05) is 24.0 Å². The first-order chi connectivity index (χ1) is 10.0. The van der Waals surface area contributed by atoms with E-state index in [2.05, 4.69) is 48.0 Å². The quantitative estimate of drug-likeness (QED) is 0.906. The maximum atomic E-state index is 12.2. The summed E-state index contributed by atoms with van der Waals surface area (Å²) in [5.41, 5.74) is 2.38. The molecule has 0 spiro atoms. The number of likely N-dealkylation sites (tertiary alicyclic amines) is 1. The summed E-state index contributed by atoms with van der Waals surface area (Å²) in [6, 6.07) is 8.26. The molecule has 1 heterocycles. The number of hydrogen-bond donors (Lipinski definition) is 1. The Bertz CT molecular complexity index is 490. The van der Waals surface area contributed by atoms with Gasteiger partial charge in [-0.3, -0.25) is 9.69 Å². The second kappa shape index (κ2) is 7.62. The highest BCUT2D eigenvalue weighted by molar-refractivity contribution is 6.29. The molecule has 0 unspecified atom stereocenters. The molecule has 0 aromatic heterocycles. The molecule has 21 heavy (non-hydrogen) atoms. The number of amides is 1. The van der Waals surface area contributed by atoms with Gasteiger partial charge in [0.25, 0.3) is 0 Å². The van der Waals surface area contributed by atoms with E-state index in [0.717, 1.165) is 38.0 Å². The van der Waals surface area contributed by atoms with Crippen LogP contribution in [0.2, 0.25) is 0 Å². The van der Waals surface area contributed by atoms with Crippen molar-refractivity contribution >= 4 is 17.5 Å². The molecule has 0 aliphatic carbocycles. The number of rotatable bonds is 5. The number of carbonyl (C=O) groups excluding carboxylic acids is 1. The SMILES string of the molecule is C=C(Cl)CN1CCC(C(=O)NCc2ccc(C)cc2)CC1. The Kier molecular flexibility index (Phi) is 5.83. The number of nitrogens with one attached hydrogen (secondary N) is 1. The number of nitrogens with zero attached hydrogens (tertiary/aromatic N) is 1. The minimum Gasteiger partial charge on any atom is -0.352 e. The first-order valence-electron chi connectivity index (χ1n) is 7.43. The molecule has 0 radical (unpaired) electrons. The first kappa shape index (κ1) is 16.1. The van der Waals surface area contributed by atoms with Gasteiger partial charge < -0.3 is 5.32 Å². The van der Waals surface area contributed by atoms with Gasteiger partial charge in [0.2, 0.25) is 5.91 Å². The summed E-state index contributed by atoms with van der Waals surface area (Å²) in [7, 11) is 0. The van der Waals surface area contributed by atoms with Gasteiger partial charge in [0.15, 0.2) is 0 Å². The van der Waals surface area contributed by atoms with E-state index in [1.54, 1.807) is 0 Å². The molecule has 0 saturated carbocycles. The topological polar surface area (TPSA) is 32.3 Å². The van der Waals surface area contributed by atoms with Crippen molar-refractivity contribution in [2.24, 2.45) is 5.92 Å². The van der Waals surface area contributed by atoms with Crippen LogP contribution in [-0.4, -0.2) is 30.4 Å². The third kappa shape index (κ3) is 5.18. The van der Waals surface area contributed by atoms with Gasteiger partial charge in [-0.05, 0) is 38.4 Å². The largest absolute Gasteiger partial charge is 0.352 e. The van der Waals surface area contributed by atoms with Crippen molar-refractivity contribution in [3.8, 4) is 0 Å². The zero-order valence-corrected chi connectivity index (χ0v) is 13.3. The summed E-state index contributed by atoms with van der Waals surface area (Å²) in [5, 5.41) is 3.71. The molecular weight excluding hydrogens is 284 g/mol. The normalized spacial score (nSPS) is 16.7. The molecule has 2 rings (SSSR count). The Hall–Kier alpha value is -1.32. The van der Waals surface area contributed by atoms with Gasteiger partial charge in [-0.2, -0.15) is 0 Å². The smallest absolute Gasteiger partial charge is 0.223 e. The molecule has 1 fully saturated rings. The Balaban J connectivity index is 1.74. The lowest BCUT2D eigenvalue weighted by atomic mass is 9.96. The van der Waals surface area contributed by atoms with Crippen LogP contribution in [-0.2, 0) is 11.3 Å². The highest BCUT2D eigenvalue weighted by Gasteiger charge is 2.24. The molecule has 1 saturated heterocycles. The number of carbonyl (C=O) groups is 1. The van der Waals surface area contributed by atoms with Crippen molar-refractivity contribution < 1.29 is 4.79 Å². The van der Waals surface area contributed by atoms with E-state index in [9.17, 15) is 4.79 Å². The second-order valence-corrected chi connectivity index (χ2v) is 6.31. The van der Waals surface area contributed by atoms with Crippen molar-refractivity contribution in [3.63, 3.8) is 0 Å². The lowest BCUT2D eigenvalue weighted by Gasteiger charge is -2.30. The maximum absolute atomic E-state index is 12.2. The molecule has 4 heteroatoms. The highest BCUT2D eigenvalue weighted by Crippen LogP contribution is 2.18. The van der Waals surface area contributed by atoms with E-state index in [1.165, 1.54) is 5.56 Å². The number of benzene rings is 1. The van der Waals surface area contributed by atoms with Crippen LogP contribution >= 0.6 is 11.6 Å². The number of aryl methyl sites for hydroxylation is 1. The first-order valence-corrected chi connectivity index (χ1v) is 7.81. The molecule has 1 aliphatic rings. The second-order valence-electron chi connectivity index (χ2n) is 5.77. The van der Waals surface area contributed by atoms with Crippen LogP contribution in [0.15, 0.2) is 35.9 Å². The number of halogens is 1. The summed E-state index contributed by atoms with van der Waals surface area (Å²) >= 11 is 5.82. The summed E-state index contributed by atoms with van der Waals surface area (Å²) in [6.07, 6.45) is 1.79. The average molecular weight is 307 g/mol. The van der Waals surface area contributed by atoms with Crippen LogP contribution in [0.5, 0.6) is 0 Å². The van der Waals surface area contributed by atoms with Gasteiger partial charge in [0.1, 0.15) is 0 Å². The Morgan fingerprint density at radius 2 is 1.95 bits per heavy atom. The predicted molar refractivity (Wildman–Crippen MR) is 87.2 cm³/mol. The van der Waals surface area contributed by atoms with Crippen LogP contribution in [0.4, 0.5) is 0 Å². The fourth-order valence-corrected chi connectivity index (χ4v) is 2.80. The Morgan fingerprint density at radius 1 is 1.33 bits per heavy atom. The van der Waals surface area contributed by atoms with E-state index in [1.807, 2.05) is 0 Å². The zero-order valence-electron chi connectivity index (χ0n) is 12.6.